The van der Waals surface area contributed by atoms with Crippen molar-refractivity contribution < 1.29 is 19.5 Å². The number of nitrogens with one attached hydrogen (secondary N) is 2. The molecular weight excluding hydrogens is 272 g/mol. The average Bonchev–Trinajstić information content (AvgIpc) is 3.34. The summed E-state index contributed by atoms with van der Waals surface area (Å²) < 4.78 is 0. The maximum absolute atomic E-state index is 11.8. The van der Waals surface area contributed by atoms with Gasteiger partial charge in [-0.15, -0.1) is 5.48 Å². The number of amides is 1. The van der Waals surface area contributed by atoms with Gasteiger partial charge in [-0.05, 0) is 24.5 Å². The van der Waals surface area contributed by atoms with E-state index in [9.17, 15) is 14.7 Å². The van der Waals surface area contributed by atoms with Crippen molar-refractivity contribution in [3.63, 3.8) is 0 Å². The minimum atomic E-state index is -1.25. The molecule has 1 aliphatic rings. The van der Waals surface area contributed by atoms with Crippen LogP contribution in [0.2, 0.25) is 0 Å². The Morgan fingerprint density at radius 1 is 1.33 bits per heavy atom. The molecule has 114 valence electrons. The lowest BCUT2D eigenvalue weighted by molar-refractivity contribution is -0.132. The fourth-order valence-electron chi connectivity index (χ4n) is 2.05. The van der Waals surface area contributed by atoms with Crippen LogP contribution in [0.15, 0.2) is 30.3 Å². The van der Waals surface area contributed by atoms with E-state index in [0.29, 0.717) is 17.9 Å². The third-order valence-corrected chi connectivity index (χ3v) is 3.49. The molecule has 1 aliphatic carbocycles. The van der Waals surface area contributed by atoms with E-state index in [0.717, 1.165) is 12.8 Å². The van der Waals surface area contributed by atoms with Crippen molar-refractivity contribution in [3.05, 3.63) is 35.9 Å². The summed E-state index contributed by atoms with van der Waals surface area (Å²) in [5.41, 5.74) is 2.95. The normalized spacial score (nSPS) is 16.9. The van der Waals surface area contributed by atoms with E-state index in [4.69, 9.17) is 4.84 Å². The molecule has 0 saturated heterocycles. The SMILES string of the molecule is CNC(=O)C(O)[C@H](CC1CC1)NOC(=O)c1ccccc1. The minimum Gasteiger partial charge on any atom is -0.381 e. The van der Waals surface area contributed by atoms with Crippen molar-refractivity contribution in [2.24, 2.45) is 5.92 Å². The van der Waals surface area contributed by atoms with Crippen LogP contribution in [0.5, 0.6) is 0 Å². The zero-order valence-electron chi connectivity index (χ0n) is 11.9. The van der Waals surface area contributed by atoms with E-state index in [1.807, 2.05) is 0 Å². The molecule has 1 saturated carbocycles. The molecule has 0 aliphatic heterocycles. The standard InChI is InChI=1S/C15H20N2O4/c1-16-14(19)13(18)12(9-10-7-8-10)17-21-15(20)11-5-3-2-4-6-11/h2-6,10,12-13,17-18H,7-9H2,1H3,(H,16,19)/t12-,13?/m0/s1. The summed E-state index contributed by atoms with van der Waals surface area (Å²) in [4.78, 5) is 28.4. The molecule has 1 aromatic carbocycles. The lowest BCUT2D eigenvalue weighted by atomic mass is 10.0. The number of benzene rings is 1. The molecule has 1 aromatic rings. The van der Waals surface area contributed by atoms with Gasteiger partial charge in [0.05, 0.1) is 11.6 Å². The average molecular weight is 292 g/mol. The second kappa shape index (κ2) is 7.19. The molecule has 6 nitrogen and oxygen atoms in total. The number of aliphatic hydroxyl groups excluding tert-OH is 1. The molecule has 0 bridgehead atoms. The number of hydroxylamine groups is 1. The van der Waals surface area contributed by atoms with Gasteiger partial charge in [0, 0.05) is 7.05 Å². The van der Waals surface area contributed by atoms with Crippen molar-refractivity contribution in [2.45, 2.75) is 31.4 Å². The molecule has 0 aromatic heterocycles. The first-order valence-electron chi connectivity index (χ1n) is 7.03. The Bertz CT molecular complexity index is 488. The van der Waals surface area contributed by atoms with Crippen molar-refractivity contribution in [1.82, 2.24) is 10.8 Å². The van der Waals surface area contributed by atoms with E-state index in [1.54, 1.807) is 30.3 Å². The highest BCUT2D eigenvalue weighted by atomic mass is 16.7. The topological polar surface area (TPSA) is 87.7 Å². The van der Waals surface area contributed by atoms with Gasteiger partial charge < -0.3 is 15.3 Å². The highest BCUT2D eigenvalue weighted by Crippen LogP contribution is 2.34. The predicted molar refractivity (Wildman–Crippen MR) is 76.2 cm³/mol. The number of hydrogen-bond acceptors (Lipinski definition) is 5. The second-order valence-electron chi connectivity index (χ2n) is 5.22. The molecule has 1 unspecified atom stereocenters. The molecule has 0 heterocycles. The number of aliphatic hydroxyl groups is 1. The van der Waals surface area contributed by atoms with Gasteiger partial charge in [0.25, 0.3) is 0 Å². The van der Waals surface area contributed by atoms with Crippen molar-refractivity contribution in [3.8, 4) is 0 Å². The van der Waals surface area contributed by atoms with Crippen molar-refractivity contribution in [2.75, 3.05) is 7.05 Å². The highest BCUT2D eigenvalue weighted by Gasteiger charge is 2.33. The van der Waals surface area contributed by atoms with Gasteiger partial charge in [-0.25, -0.2) is 4.79 Å². The molecule has 6 heteroatoms. The lowest BCUT2D eigenvalue weighted by Gasteiger charge is -2.22. The predicted octanol–water partition coefficient (Wildman–Crippen LogP) is 0.624. The summed E-state index contributed by atoms with van der Waals surface area (Å²) in [5, 5.41) is 12.4. The number of rotatable bonds is 7. The van der Waals surface area contributed by atoms with E-state index in [-0.39, 0.29) is 0 Å². The van der Waals surface area contributed by atoms with E-state index >= 15 is 0 Å². The minimum absolute atomic E-state index is 0.407. The van der Waals surface area contributed by atoms with Gasteiger partial charge in [-0.2, -0.15) is 0 Å². The zero-order chi connectivity index (χ0) is 15.2. The molecule has 21 heavy (non-hydrogen) atoms. The van der Waals surface area contributed by atoms with E-state index < -0.39 is 24.0 Å². The molecular formula is C15H20N2O4. The Balaban J connectivity index is 1.92. The molecule has 3 N–H and O–H groups in total. The Morgan fingerprint density at radius 2 is 2.00 bits per heavy atom. The molecule has 0 spiro atoms. The fraction of sp³-hybridized carbons (Fsp3) is 0.467. The van der Waals surface area contributed by atoms with Crippen LogP contribution in [-0.2, 0) is 9.63 Å². The number of likely N-dealkylation sites (N-methyl/N-ethyl adjacent to an activating group) is 1. The third kappa shape index (κ3) is 4.54. The fourth-order valence-corrected chi connectivity index (χ4v) is 2.05. The Morgan fingerprint density at radius 3 is 2.57 bits per heavy atom. The van der Waals surface area contributed by atoms with E-state index in [1.165, 1.54) is 7.05 Å². The number of carbonyl (C=O) groups is 2. The van der Waals surface area contributed by atoms with Crippen LogP contribution in [0.25, 0.3) is 0 Å². The number of hydrogen-bond donors (Lipinski definition) is 3. The summed E-state index contributed by atoms with van der Waals surface area (Å²) in [6, 6.07) is 7.93. The van der Waals surface area contributed by atoms with Crippen molar-refractivity contribution in [1.29, 1.82) is 0 Å². The second-order valence-corrected chi connectivity index (χ2v) is 5.22. The molecule has 0 radical (unpaired) electrons. The summed E-state index contributed by atoms with van der Waals surface area (Å²) in [5.74, 6) is -0.568. The maximum atomic E-state index is 11.8. The largest absolute Gasteiger partial charge is 0.381 e. The Hall–Kier alpha value is -1.92. The van der Waals surface area contributed by atoms with Crippen LogP contribution in [-0.4, -0.2) is 36.2 Å². The van der Waals surface area contributed by atoms with Crippen LogP contribution >= 0.6 is 0 Å². The lowest BCUT2D eigenvalue weighted by Crippen LogP contribution is -2.48. The molecule has 2 rings (SSSR count). The molecule has 2 atom stereocenters. The van der Waals surface area contributed by atoms with Crippen LogP contribution in [0.4, 0.5) is 0 Å². The first-order valence-corrected chi connectivity index (χ1v) is 7.03. The quantitative estimate of drug-likeness (QED) is 0.641. The summed E-state index contributed by atoms with van der Waals surface area (Å²) >= 11 is 0. The van der Waals surface area contributed by atoms with Gasteiger partial charge in [0.1, 0.15) is 0 Å². The first kappa shape index (κ1) is 15.5. The smallest absolute Gasteiger partial charge is 0.356 e. The Kier molecular flexibility index (Phi) is 5.30. The summed E-state index contributed by atoms with van der Waals surface area (Å²) in [7, 11) is 1.45. The number of carbonyl (C=O) groups excluding carboxylic acids is 2. The Labute approximate surface area is 123 Å². The first-order chi connectivity index (χ1) is 10.1. The van der Waals surface area contributed by atoms with Crippen LogP contribution in [0.1, 0.15) is 29.6 Å². The van der Waals surface area contributed by atoms with Crippen LogP contribution in [0.3, 0.4) is 0 Å². The molecule has 1 fully saturated rings. The van der Waals surface area contributed by atoms with E-state index in [2.05, 4.69) is 10.8 Å². The van der Waals surface area contributed by atoms with Crippen molar-refractivity contribution >= 4 is 11.9 Å². The van der Waals surface area contributed by atoms with Gasteiger partial charge in [0.15, 0.2) is 6.10 Å². The van der Waals surface area contributed by atoms with Crippen LogP contribution < -0.4 is 10.8 Å². The zero-order valence-corrected chi connectivity index (χ0v) is 11.9. The highest BCUT2D eigenvalue weighted by molar-refractivity contribution is 5.89. The van der Waals surface area contributed by atoms with Gasteiger partial charge >= 0.3 is 5.97 Å². The molecule has 1 amide bonds. The summed E-state index contributed by atoms with van der Waals surface area (Å²) in [6.45, 7) is 0. The van der Waals surface area contributed by atoms with Gasteiger partial charge in [0.2, 0.25) is 5.91 Å². The summed E-state index contributed by atoms with van der Waals surface area (Å²) in [6.07, 6.45) is 1.49. The van der Waals surface area contributed by atoms with Gasteiger partial charge in [-0.1, -0.05) is 31.0 Å². The maximum Gasteiger partial charge on any atom is 0.356 e. The van der Waals surface area contributed by atoms with Crippen LogP contribution in [0, 0.1) is 5.92 Å². The van der Waals surface area contributed by atoms with Gasteiger partial charge in [-0.3, -0.25) is 4.79 Å². The third-order valence-electron chi connectivity index (χ3n) is 3.49. The monoisotopic (exact) mass is 292 g/mol.